The summed E-state index contributed by atoms with van der Waals surface area (Å²) in [5.74, 6) is -0.407. The maximum absolute atomic E-state index is 12.1. The van der Waals surface area contributed by atoms with Gasteiger partial charge < -0.3 is 15.8 Å². The molecule has 0 radical (unpaired) electrons. The fraction of sp³-hybridized carbons (Fsp3) is 0.125. The van der Waals surface area contributed by atoms with E-state index < -0.39 is 12.0 Å². The van der Waals surface area contributed by atoms with Crippen LogP contribution in [0.1, 0.15) is 17.3 Å². The lowest BCUT2D eigenvalue weighted by Gasteiger charge is -2.15. The van der Waals surface area contributed by atoms with Crippen molar-refractivity contribution in [2.75, 3.05) is 5.32 Å². The molecule has 5 nitrogen and oxygen atoms in total. The molecule has 0 unspecified atom stereocenters. The molecule has 3 N–H and O–H groups in total. The van der Waals surface area contributed by atoms with E-state index in [-0.39, 0.29) is 16.5 Å². The fourth-order valence-electron chi connectivity index (χ4n) is 1.79. The largest absolute Gasteiger partial charge is 0.481 e. The van der Waals surface area contributed by atoms with Gasteiger partial charge in [-0.3, -0.25) is 9.59 Å². The highest BCUT2D eigenvalue weighted by molar-refractivity contribution is 6.34. The molecule has 0 saturated heterocycles. The lowest BCUT2D eigenvalue weighted by Crippen LogP contribution is -2.30. The smallest absolute Gasteiger partial charge is 0.265 e. The number of carbonyl (C=O) groups is 2. The monoisotopic (exact) mass is 318 g/mol. The molecule has 6 heteroatoms. The summed E-state index contributed by atoms with van der Waals surface area (Å²) in [6, 6.07) is 13.5. The molecule has 0 aromatic heterocycles. The van der Waals surface area contributed by atoms with E-state index in [4.69, 9.17) is 22.1 Å². The van der Waals surface area contributed by atoms with Gasteiger partial charge >= 0.3 is 0 Å². The van der Waals surface area contributed by atoms with Crippen LogP contribution in [-0.2, 0) is 4.79 Å². The first-order valence-corrected chi connectivity index (χ1v) is 6.97. The second-order valence-corrected chi connectivity index (χ2v) is 5.03. The van der Waals surface area contributed by atoms with Crippen LogP contribution in [0.15, 0.2) is 48.5 Å². The number of nitrogens with two attached hydrogens (primary N) is 1. The normalized spacial score (nSPS) is 11.5. The Morgan fingerprint density at radius 3 is 2.50 bits per heavy atom. The van der Waals surface area contributed by atoms with Gasteiger partial charge in [-0.05, 0) is 37.3 Å². The molecule has 2 amide bonds. The maximum Gasteiger partial charge on any atom is 0.265 e. The van der Waals surface area contributed by atoms with Gasteiger partial charge in [-0.15, -0.1) is 0 Å². The van der Waals surface area contributed by atoms with Gasteiger partial charge in [0.1, 0.15) is 5.75 Å². The Hall–Kier alpha value is -2.53. The number of primary amides is 1. The van der Waals surface area contributed by atoms with E-state index >= 15 is 0 Å². The van der Waals surface area contributed by atoms with Crippen molar-refractivity contribution in [2.24, 2.45) is 5.73 Å². The number of anilines is 1. The lowest BCUT2D eigenvalue weighted by molar-refractivity contribution is -0.122. The van der Waals surface area contributed by atoms with Crippen LogP contribution in [-0.4, -0.2) is 17.9 Å². The fourth-order valence-corrected chi connectivity index (χ4v) is 2.00. The molecule has 0 heterocycles. The van der Waals surface area contributed by atoms with E-state index in [1.165, 1.54) is 12.1 Å². The molecule has 1 atom stereocenters. The Labute approximate surface area is 133 Å². The topological polar surface area (TPSA) is 81.4 Å². The first kappa shape index (κ1) is 15.9. The standard InChI is InChI=1S/C16H15ClN2O3/c1-10(22-12-5-3-2-4-6-12)16(21)19-11-7-8-14(17)13(9-11)15(18)20/h2-10H,1H3,(H2,18,20)(H,19,21)/t10-/m1/s1. The average molecular weight is 319 g/mol. The van der Waals surface area contributed by atoms with Crippen molar-refractivity contribution in [3.63, 3.8) is 0 Å². The number of amides is 2. The molecule has 0 aliphatic rings. The zero-order chi connectivity index (χ0) is 16.1. The van der Waals surface area contributed by atoms with E-state index in [2.05, 4.69) is 5.32 Å². The van der Waals surface area contributed by atoms with Gasteiger partial charge in [0, 0.05) is 5.69 Å². The van der Waals surface area contributed by atoms with Crippen molar-refractivity contribution in [2.45, 2.75) is 13.0 Å². The predicted molar refractivity (Wildman–Crippen MR) is 85.1 cm³/mol. The van der Waals surface area contributed by atoms with Crippen LogP contribution < -0.4 is 15.8 Å². The third-order valence-electron chi connectivity index (χ3n) is 2.92. The Kier molecular flexibility index (Phi) is 5.01. The number of hydrogen-bond acceptors (Lipinski definition) is 3. The van der Waals surface area contributed by atoms with Crippen molar-refractivity contribution in [1.29, 1.82) is 0 Å². The summed E-state index contributed by atoms with van der Waals surface area (Å²) < 4.78 is 5.52. The van der Waals surface area contributed by atoms with Crippen molar-refractivity contribution < 1.29 is 14.3 Å². The second-order valence-electron chi connectivity index (χ2n) is 4.62. The first-order chi connectivity index (χ1) is 10.5. The molecular formula is C16H15ClN2O3. The summed E-state index contributed by atoms with van der Waals surface area (Å²) in [5.41, 5.74) is 5.79. The Morgan fingerprint density at radius 1 is 1.18 bits per heavy atom. The molecule has 22 heavy (non-hydrogen) atoms. The van der Waals surface area contributed by atoms with E-state index in [0.717, 1.165) is 0 Å². The van der Waals surface area contributed by atoms with E-state index in [1.807, 2.05) is 18.2 Å². The van der Waals surface area contributed by atoms with Gasteiger partial charge in [0.2, 0.25) is 5.91 Å². The summed E-state index contributed by atoms with van der Waals surface area (Å²) in [5, 5.41) is 2.89. The van der Waals surface area contributed by atoms with Crippen LogP contribution in [0.5, 0.6) is 5.75 Å². The number of benzene rings is 2. The number of ether oxygens (including phenoxy) is 1. The highest BCUT2D eigenvalue weighted by Gasteiger charge is 2.16. The summed E-state index contributed by atoms with van der Waals surface area (Å²) in [6.45, 7) is 1.63. The van der Waals surface area contributed by atoms with Crippen molar-refractivity contribution in [3.8, 4) is 5.75 Å². The van der Waals surface area contributed by atoms with Gasteiger partial charge in [0.25, 0.3) is 5.91 Å². The summed E-state index contributed by atoms with van der Waals surface area (Å²) >= 11 is 5.86. The lowest BCUT2D eigenvalue weighted by atomic mass is 10.2. The van der Waals surface area contributed by atoms with Crippen LogP contribution in [0.25, 0.3) is 0 Å². The zero-order valence-corrected chi connectivity index (χ0v) is 12.6. The van der Waals surface area contributed by atoms with Crippen LogP contribution in [0.3, 0.4) is 0 Å². The SMILES string of the molecule is C[C@@H](Oc1ccccc1)C(=O)Nc1ccc(Cl)c(C(N)=O)c1. The van der Waals surface area contributed by atoms with Gasteiger partial charge in [-0.2, -0.15) is 0 Å². The molecule has 2 aromatic carbocycles. The second kappa shape index (κ2) is 6.95. The number of carbonyl (C=O) groups excluding carboxylic acids is 2. The third-order valence-corrected chi connectivity index (χ3v) is 3.25. The highest BCUT2D eigenvalue weighted by atomic mass is 35.5. The van der Waals surface area contributed by atoms with Crippen LogP contribution >= 0.6 is 11.6 Å². The molecule has 2 aromatic rings. The number of para-hydroxylation sites is 1. The van der Waals surface area contributed by atoms with E-state index in [1.54, 1.807) is 25.1 Å². The molecule has 2 rings (SSSR count). The average Bonchev–Trinajstić information content (AvgIpc) is 2.49. The number of hydrogen-bond donors (Lipinski definition) is 2. The minimum atomic E-state index is -0.699. The number of nitrogens with one attached hydrogen (secondary N) is 1. The van der Waals surface area contributed by atoms with Gasteiger partial charge in [-0.25, -0.2) is 0 Å². The van der Waals surface area contributed by atoms with Crippen LogP contribution in [0.4, 0.5) is 5.69 Å². The summed E-state index contributed by atoms with van der Waals surface area (Å²) in [7, 11) is 0. The molecular weight excluding hydrogens is 304 g/mol. The zero-order valence-electron chi connectivity index (χ0n) is 11.9. The number of rotatable bonds is 5. The van der Waals surface area contributed by atoms with Gasteiger partial charge in [0.15, 0.2) is 6.10 Å². The molecule has 0 spiro atoms. The molecule has 0 bridgehead atoms. The molecule has 0 aliphatic carbocycles. The maximum atomic E-state index is 12.1. The van der Waals surface area contributed by atoms with Gasteiger partial charge in [0.05, 0.1) is 10.6 Å². The molecule has 0 aliphatic heterocycles. The molecule has 0 saturated carbocycles. The van der Waals surface area contributed by atoms with Crippen LogP contribution in [0.2, 0.25) is 5.02 Å². The molecule has 0 fully saturated rings. The number of halogens is 1. The van der Waals surface area contributed by atoms with Crippen molar-refractivity contribution >= 4 is 29.1 Å². The Morgan fingerprint density at radius 2 is 1.86 bits per heavy atom. The summed E-state index contributed by atoms with van der Waals surface area (Å²) in [4.78, 5) is 23.3. The predicted octanol–water partition coefficient (Wildman–Crippen LogP) is 2.84. The quantitative estimate of drug-likeness (QED) is 0.889. The van der Waals surface area contributed by atoms with Crippen molar-refractivity contribution in [3.05, 3.63) is 59.1 Å². The van der Waals surface area contributed by atoms with Crippen molar-refractivity contribution in [1.82, 2.24) is 0 Å². The minimum absolute atomic E-state index is 0.149. The van der Waals surface area contributed by atoms with E-state index in [9.17, 15) is 9.59 Å². The van der Waals surface area contributed by atoms with Crippen LogP contribution in [0, 0.1) is 0 Å². The van der Waals surface area contributed by atoms with Gasteiger partial charge in [-0.1, -0.05) is 29.8 Å². The third kappa shape index (κ3) is 3.99. The Bertz CT molecular complexity index is 689. The molecule has 114 valence electrons. The Balaban J connectivity index is 2.05. The highest BCUT2D eigenvalue weighted by Crippen LogP contribution is 2.20. The first-order valence-electron chi connectivity index (χ1n) is 6.59. The summed E-state index contributed by atoms with van der Waals surface area (Å²) in [6.07, 6.45) is -0.699. The minimum Gasteiger partial charge on any atom is -0.481 e. The van der Waals surface area contributed by atoms with E-state index in [0.29, 0.717) is 11.4 Å².